The number of rotatable bonds is 5. The van der Waals surface area contributed by atoms with Gasteiger partial charge >= 0.3 is 0 Å². The van der Waals surface area contributed by atoms with Crippen molar-refractivity contribution in [2.45, 2.75) is 25.9 Å². The number of furan rings is 1. The molecule has 1 N–H and O–H groups in total. The van der Waals surface area contributed by atoms with Crippen molar-refractivity contribution in [2.75, 3.05) is 6.79 Å². The molecule has 1 atom stereocenters. The largest absolute Gasteiger partial charge is 0.469 e. The predicted molar refractivity (Wildman–Crippen MR) is 79.0 cm³/mol. The second-order valence-electron chi connectivity index (χ2n) is 4.88. The smallest absolute Gasteiger partial charge is 0.231 e. The molecule has 1 aliphatic heterocycles. The van der Waals surface area contributed by atoms with Gasteiger partial charge < -0.3 is 19.2 Å². The monoisotopic (exact) mass is 337 g/mol. The van der Waals surface area contributed by atoms with E-state index in [1.165, 1.54) is 0 Å². The summed E-state index contributed by atoms with van der Waals surface area (Å²) in [5.74, 6) is 2.59. The Morgan fingerprint density at radius 1 is 1.35 bits per heavy atom. The number of hydrogen-bond donors (Lipinski definition) is 1. The molecule has 106 valence electrons. The van der Waals surface area contributed by atoms with E-state index < -0.39 is 0 Å². The molecule has 2 aromatic rings. The molecule has 5 heteroatoms. The molecule has 0 spiro atoms. The molecule has 0 saturated heterocycles. The molecular formula is C15H16BrNO3. The molecule has 0 amide bonds. The van der Waals surface area contributed by atoms with Gasteiger partial charge in [-0.05, 0) is 52.7 Å². The van der Waals surface area contributed by atoms with Crippen LogP contribution in [0, 0.1) is 0 Å². The van der Waals surface area contributed by atoms with E-state index in [9.17, 15) is 0 Å². The van der Waals surface area contributed by atoms with E-state index in [-0.39, 0.29) is 0 Å². The van der Waals surface area contributed by atoms with Crippen molar-refractivity contribution in [3.63, 3.8) is 0 Å². The maximum atomic E-state index is 5.42. The number of benzene rings is 1. The molecule has 0 saturated carbocycles. The molecule has 1 aliphatic rings. The molecular weight excluding hydrogens is 322 g/mol. The van der Waals surface area contributed by atoms with Crippen molar-refractivity contribution in [2.24, 2.45) is 0 Å². The molecule has 2 heterocycles. The van der Waals surface area contributed by atoms with Crippen molar-refractivity contribution in [1.82, 2.24) is 5.32 Å². The minimum absolute atomic E-state index is 0.291. The standard InChI is InChI=1S/C15H16BrNO3/c1-10(5-12-3-2-4-18-12)17-8-11-6-13(16)15-14(7-11)19-9-20-15/h2-4,6-7,10,17H,5,8-9H2,1H3. The third-order valence-electron chi connectivity index (χ3n) is 3.23. The third-order valence-corrected chi connectivity index (χ3v) is 3.82. The van der Waals surface area contributed by atoms with Gasteiger partial charge in [0.15, 0.2) is 11.5 Å². The van der Waals surface area contributed by atoms with Gasteiger partial charge in [0.05, 0.1) is 10.7 Å². The minimum atomic E-state index is 0.291. The summed E-state index contributed by atoms with van der Waals surface area (Å²) in [6, 6.07) is 8.32. The Bertz CT molecular complexity index is 583. The molecule has 4 nitrogen and oxygen atoms in total. The quantitative estimate of drug-likeness (QED) is 0.906. The highest BCUT2D eigenvalue weighted by Crippen LogP contribution is 2.39. The average molecular weight is 338 g/mol. The van der Waals surface area contributed by atoms with Crippen LogP contribution in [0.15, 0.2) is 39.4 Å². The van der Waals surface area contributed by atoms with Crippen LogP contribution in [0.5, 0.6) is 11.5 Å². The van der Waals surface area contributed by atoms with Crippen LogP contribution in [-0.2, 0) is 13.0 Å². The van der Waals surface area contributed by atoms with Gasteiger partial charge in [-0.25, -0.2) is 0 Å². The van der Waals surface area contributed by atoms with Crippen LogP contribution in [0.25, 0.3) is 0 Å². The summed E-state index contributed by atoms with van der Waals surface area (Å²) in [6.45, 7) is 3.21. The van der Waals surface area contributed by atoms with Gasteiger partial charge in [-0.1, -0.05) is 0 Å². The molecule has 1 aromatic heterocycles. The van der Waals surface area contributed by atoms with Crippen molar-refractivity contribution >= 4 is 15.9 Å². The second-order valence-corrected chi connectivity index (χ2v) is 5.73. The summed E-state index contributed by atoms with van der Waals surface area (Å²) in [7, 11) is 0. The molecule has 0 bridgehead atoms. The Kier molecular flexibility index (Phi) is 3.98. The number of hydrogen-bond acceptors (Lipinski definition) is 4. The van der Waals surface area contributed by atoms with E-state index in [4.69, 9.17) is 13.9 Å². The van der Waals surface area contributed by atoms with Crippen LogP contribution < -0.4 is 14.8 Å². The number of nitrogens with one attached hydrogen (secondary N) is 1. The van der Waals surface area contributed by atoms with Gasteiger partial charge in [0.2, 0.25) is 6.79 Å². The van der Waals surface area contributed by atoms with E-state index >= 15 is 0 Å². The first kappa shape index (κ1) is 13.5. The lowest BCUT2D eigenvalue weighted by molar-refractivity contribution is 0.173. The Hall–Kier alpha value is -1.46. The zero-order valence-electron chi connectivity index (χ0n) is 11.2. The maximum absolute atomic E-state index is 5.42. The lowest BCUT2D eigenvalue weighted by Crippen LogP contribution is -2.27. The molecule has 20 heavy (non-hydrogen) atoms. The van der Waals surface area contributed by atoms with E-state index in [0.29, 0.717) is 12.8 Å². The SMILES string of the molecule is CC(Cc1ccco1)NCc1cc(Br)c2c(c1)OCO2. The van der Waals surface area contributed by atoms with E-state index in [1.54, 1.807) is 6.26 Å². The zero-order chi connectivity index (χ0) is 13.9. The fourth-order valence-electron chi connectivity index (χ4n) is 2.22. The number of fused-ring (bicyclic) bond motifs is 1. The first-order valence-electron chi connectivity index (χ1n) is 6.56. The number of halogens is 1. The molecule has 1 unspecified atom stereocenters. The molecule has 3 rings (SSSR count). The van der Waals surface area contributed by atoms with Gasteiger partial charge in [0.1, 0.15) is 5.76 Å². The molecule has 0 aliphatic carbocycles. The lowest BCUT2D eigenvalue weighted by atomic mass is 10.1. The highest BCUT2D eigenvalue weighted by molar-refractivity contribution is 9.10. The highest BCUT2D eigenvalue weighted by atomic mass is 79.9. The zero-order valence-corrected chi connectivity index (χ0v) is 12.8. The first-order chi connectivity index (χ1) is 9.72. The Balaban J connectivity index is 1.59. The van der Waals surface area contributed by atoms with Gasteiger partial charge in [-0.15, -0.1) is 0 Å². The van der Waals surface area contributed by atoms with Crippen LogP contribution in [-0.4, -0.2) is 12.8 Å². The van der Waals surface area contributed by atoms with Crippen LogP contribution in [0.3, 0.4) is 0 Å². The van der Waals surface area contributed by atoms with Crippen molar-refractivity contribution in [3.05, 3.63) is 46.3 Å². The summed E-state index contributed by atoms with van der Waals surface area (Å²) in [5.41, 5.74) is 1.16. The van der Waals surface area contributed by atoms with Crippen LogP contribution in [0.2, 0.25) is 0 Å². The molecule has 1 aromatic carbocycles. The summed E-state index contributed by atoms with van der Waals surface area (Å²) in [5, 5.41) is 3.48. The van der Waals surface area contributed by atoms with E-state index in [0.717, 1.165) is 40.3 Å². The highest BCUT2D eigenvalue weighted by Gasteiger charge is 2.18. The summed E-state index contributed by atoms with van der Waals surface area (Å²) >= 11 is 3.51. The van der Waals surface area contributed by atoms with Crippen LogP contribution in [0.4, 0.5) is 0 Å². The van der Waals surface area contributed by atoms with E-state index in [1.807, 2.05) is 18.2 Å². The summed E-state index contributed by atoms with van der Waals surface area (Å²) < 4.78 is 17.1. The first-order valence-corrected chi connectivity index (χ1v) is 7.35. The summed E-state index contributed by atoms with van der Waals surface area (Å²) in [6.07, 6.45) is 2.58. The fraction of sp³-hybridized carbons (Fsp3) is 0.333. The normalized spacial score (nSPS) is 14.5. The number of ether oxygens (including phenoxy) is 2. The van der Waals surface area contributed by atoms with Gasteiger partial charge in [-0.2, -0.15) is 0 Å². The Morgan fingerprint density at radius 2 is 2.25 bits per heavy atom. The van der Waals surface area contributed by atoms with Gasteiger partial charge in [0.25, 0.3) is 0 Å². The summed E-state index contributed by atoms with van der Waals surface area (Å²) in [4.78, 5) is 0. The van der Waals surface area contributed by atoms with Crippen molar-refractivity contribution in [1.29, 1.82) is 0 Å². The predicted octanol–water partition coefficient (Wildman–Crippen LogP) is 3.49. The maximum Gasteiger partial charge on any atom is 0.231 e. The molecule has 0 radical (unpaired) electrons. The Labute approximate surface area is 126 Å². The second kappa shape index (κ2) is 5.89. The third kappa shape index (κ3) is 2.99. The average Bonchev–Trinajstić information content (AvgIpc) is 3.07. The molecule has 0 fully saturated rings. The van der Waals surface area contributed by atoms with Gasteiger partial charge in [0, 0.05) is 19.0 Å². The van der Waals surface area contributed by atoms with E-state index in [2.05, 4.69) is 34.2 Å². The lowest BCUT2D eigenvalue weighted by Gasteiger charge is -2.13. The topological polar surface area (TPSA) is 43.6 Å². The van der Waals surface area contributed by atoms with Crippen molar-refractivity contribution < 1.29 is 13.9 Å². The minimum Gasteiger partial charge on any atom is -0.469 e. The van der Waals surface area contributed by atoms with Crippen LogP contribution >= 0.6 is 15.9 Å². The van der Waals surface area contributed by atoms with Gasteiger partial charge in [-0.3, -0.25) is 0 Å². The Morgan fingerprint density at radius 3 is 3.05 bits per heavy atom. The van der Waals surface area contributed by atoms with Crippen molar-refractivity contribution in [3.8, 4) is 11.5 Å². The fourth-order valence-corrected chi connectivity index (χ4v) is 2.82. The van der Waals surface area contributed by atoms with Crippen LogP contribution in [0.1, 0.15) is 18.2 Å².